The van der Waals surface area contributed by atoms with Gasteiger partial charge in [0.15, 0.2) is 0 Å². The number of carboxylic acids is 3. The van der Waals surface area contributed by atoms with Crippen LogP contribution in [0.4, 0.5) is 0 Å². The summed E-state index contributed by atoms with van der Waals surface area (Å²) in [6, 6.07) is 0. The molecule has 0 aliphatic carbocycles. The Morgan fingerprint density at radius 3 is 1.22 bits per heavy atom. The first-order valence-corrected chi connectivity index (χ1v) is 3.11. The molecule has 0 aromatic carbocycles. The molecule has 0 aliphatic rings. The molecule has 0 heterocycles. The summed E-state index contributed by atoms with van der Waals surface area (Å²) in [6.45, 7) is 0. The largest absolute Gasteiger partial charge is 1.00 e. The van der Waals surface area contributed by atoms with E-state index in [0.717, 1.165) is 0 Å². The van der Waals surface area contributed by atoms with E-state index < -0.39 is 36.4 Å². The van der Waals surface area contributed by atoms with Crippen LogP contribution >= 0.6 is 0 Å². The fourth-order valence-electron chi connectivity index (χ4n) is 0.684. The Bertz CT molecular complexity index is 245. The zero-order valence-electron chi connectivity index (χ0n) is 10.5. The molecule has 0 radical (unpaired) electrons. The van der Waals surface area contributed by atoms with Crippen molar-refractivity contribution in [3.63, 3.8) is 0 Å². The maximum absolute atomic E-state index is 10.1. The maximum Gasteiger partial charge on any atom is 1.00 e. The summed E-state index contributed by atoms with van der Waals surface area (Å²) in [4.78, 5) is 30.0. The van der Waals surface area contributed by atoms with E-state index in [2.05, 4.69) is 0 Å². The summed E-state index contributed by atoms with van der Waals surface area (Å²) in [7, 11) is 0. The fourth-order valence-corrected chi connectivity index (χ4v) is 0.684. The van der Waals surface area contributed by atoms with Crippen molar-refractivity contribution in [1.29, 1.82) is 0 Å². The van der Waals surface area contributed by atoms with Gasteiger partial charge in [0.1, 0.15) is 5.60 Å². The van der Waals surface area contributed by atoms with Gasteiger partial charge < -0.3 is 40.3 Å². The molecular formula is C6H10BiK3O8. The van der Waals surface area contributed by atoms with Crippen LogP contribution in [0.1, 0.15) is 12.8 Å². The summed E-state index contributed by atoms with van der Waals surface area (Å²) >= 11 is 0. The molecule has 8 nitrogen and oxygen atoms in total. The van der Waals surface area contributed by atoms with E-state index >= 15 is 0 Å². The van der Waals surface area contributed by atoms with Gasteiger partial charge in [0.05, 0.1) is 5.97 Å². The third kappa shape index (κ3) is 18.2. The predicted molar refractivity (Wildman–Crippen MR) is 42.8 cm³/mol. The van der Waals surface area contributed by atoms with Crippen LogP contribution in [-0.2, 0) is 14.4 Å². The molecule has 18 heavy (non-hydrogen) atoms. The molecule has 0 aromatic heterocycles. The predicted octanol–water partition coefficient (Wildman–Crippen LogP) is -16.2. The third-order valence-corrected chi connectivity index (χ3v) is 1.25. The first-order chi connectivity index (χ1) is 5.78. The molecule has 0 aliphatic heterocycles. The molecule has 0 fully saturated rings. The molecule has 90 valence electrons. The Morgan fingerprint density at radius 2 is 1.11 bits per heavy atom. The van der Waals surface area contributed by atoms with Gasteiger partial charge in [-0.2, -0.15) is 0 Å². The van der Waals surface area contributed by atoms with Crippen LogP contribution in [0.3, 0.4) is 0 Å². The number of hydrogen-bond donors (Lipinski definition) is 1. The summed E-state index contributed by atoms with van der Waals surface area (Å²) in [5.74, 6) is -5.98. The second-order valence-electron chi connectivity index (χ2n) is 2.42. The second kappa shape index (κ2) is 19.2. The quantitative estimate of drug-likeness (QED) is 0.340. The van der Waals surface area contributed by atoms with Gasteiger partial charge in [-0.1, -0.05) is 0 Å². The van der Waals surface area contributed by atoms with Gasteiger partial charge in [0.25, 0.3) is 0 Å². The molecule has 0 aromatic rings. The van der Waals surface area contributed by atoms with Crippen molar-refractivity contribution in [2.45, 2.75) is 18.4 Å². The fraction of sp³-hybridized carbons (Fsp3) is 0.500. The van der Waals surface area contributed by atoms with Crippen LogP contribution in [0.15, 0.2) is 0 Å². The van der Waals surface area contributed by atoms with Crippen LogP contribution in [0, 0.1) is 0 Å². The van der Waals surface area contributed by atoms with Crippen molar-refractivity contribution in [2.75, 3.05) is 0 Å². The molecule has 0 spiro atoms. The summed E-state index contributed by atoms with van der Waals surface area (Å²) < 4.78 is 0. The molecule has 0 saturated heterocycles. The molecule has 0 bridgehead atoms. The zero-order chi connectivity index (χ0) is 10.6. The second-order valence-corrected chi connectivity index (χ2v) is 2.42. The maximum atomic E-state index is 10.1. The summed E-state index contributed by atoms with van der Waals surface area (Å²) in [6.07, 6.45) is -2.72. The topological polar surface area (TPSA) is 172 Å². The van der Waals surface area contributed by atoms with Crippen molar-refractivity contribution in [3.05, 3.63) is 0 Å². The van der Waals surface area contributed by atoms with E-state index in [1.807, 2.05) is 0 Å². The summed E-state index contributed by atoms with van der Waals surface area (Å²) in [5.41, 5.74) is -2.97. The van der Waals surface area contributed by atoms with E-state index in [0.29, 0.717) is 0 Å². The van der Waals surface area contributed by atoms with Crippen molar-refractivity contribution < 1.29 is 194 Å². The Balaban J connectivity index is -0.0000000720. The number of carboxylic acid groups (broad SMARTS) is 3. The first-order valence-electron chi connectivity index (χ1n) is 3.11. The normalized spacial score (nSPS) is 7.83. The molecule has 3 N–H and O–H groups in total. The minimum absolute atomic E-state index is 0. The number of rotatable bonds is 5. The average molecular weight is 536 g/mol. The Morgan fingerprint density at radius 1 is 0.889 bits per heavy atom. The molecule has 0 saturated carbocycles. The Kier molecular flexibility index (Phi) is 40.4. The summed E-state index contributed by atoms with van der Waals surface area (Å²) in [5, 5.41) is 38.9. The van der Waals surface area contributed by atoms with Gasteiger partial charge in [-0.15, -0.1) is 0 Å². The van der Waals surface area contributed by atoms with Crippen molar-refractivity contribution in [1.82, 2.24) is 0 Å². The van der Waals surface area contributed by atoms with E-state index in [1.54, 1.807) is 0 Å². The van der Waals surface area contributed by atoms with Gasteiger partial charge in [0, 0.05) is 24.8 Å². The third-order valence-electron chi connectivity index (χ3n) is 1.25. The molecule has 0 rings (SSSR count). The first kappa shape index (κ1) is 38.0. The van der Waals surface area contributed by atoms with Gasteiger partial charge in [-0.25, -0.2) is 0 Å². The Hall–Kier alpha value is 4.12. The van der Waals surface area contributed by atoms with Gasteiger partial charge in [-0.05, 0) is 0 Å². The molecule has 12 heteroatoms. The van der Waals surface area contributed by atoms with E-state index in [1.165, 1.54) is 0 Å². The number of carbonyl (C=O) groups is 3. The standard InChI is InChI=1S/C6H8O7.Bi.3K.H2O.3H/c7-3(8)1-6(13,5(11)12)2-4(9)10;;;;;;;;/h13H,1-2H2,(H,7,8)(H,9,10)(H,11,12);;;;;1H2;;;/q;;3*+1;;;;/p-3. The van der Waals surface area contributed by atoms with Crippen LogP contribution in [0.25, 0.3) is 0 Å². The molecule has 0 unspecified atom stereocenters. The average Bonchev–Trinajstić information content (AvgIpc) is 1.82. The van der Waals surface area contributed by atoms with E-state index in [-0.39, 0.29) is 186 Å². The Labute approximate surface area is 250 Å². The molecular weight excluding hydrogens is 526 g/mol. The SMILES string of the molecule is O.O=C([O-])CC(O)(CC(=O)[O-])C(=O)[O-].[BiH3].[K+].[K+].[K+]. The van der Waals surface area contributed by atoms with Crippen molar-refractivity contribution >= 4 is 44.1 Å². The van der Waals surface area contributed by atoms with Crippen LogP contribution < -0.4 is 169 Å². The zero-order valence-corrected chi connectivity index (χ0v) is 25.4. The van der Waals surface area contributed by atoms with Crippen molar-refractivity contribution in [3.8, 4) is 0 Å². The number of hydrogen-bond acceptors (Lipinski definition) is 7. The number of aliphatic carboxylic acids is 3. The monoisotopic (exact) mass is 536 g/mol. The number of carbonyl (C=O) groups excluding carboxylic acids is 3. The molecule has 0 atom stereocenters. The number of aliphatic hydroxyl groups is 1. The van der Waals surface area contributed by atoms with E-state index in [9.17, 15) is 29.7 Å². The van der Waals surface area contributed by atoms with Crippen LogP contribution in [0.5, 0.6) is 0 Å². The van der Waals surface area contributed by atoms with Gasteiger partial charge in [-0.3, -0.25) is 0 Å². The molecule has 0 amide bonds. The van der Waals surface area contributed by atoms with Gasteiger partial charge in [0.2, 0.25) is 0 Å². The minimum Gasteiger partial charge on any atom is 1.00 e. The van der Waals surface area contributed by atoms with Crippen LogP contribution in [0.2, 0.25) is 0 Å². The van der Waals surface area contributed by atoms with Gasteiger partial charge >= 0.3 is 180 Å². The van der Waals surface area contributed by atoms with Crippen molar-refractivity contribution in [2.24, 2.45) is 0 Å². The van der Waals surface area contributed by atoms with E-state index in [4.69, 9.17) is 5.11 Å². The van der Waals surface area contributed by atoms with Crippen LogP contribution in [-0.4, -0.2) is 60.3 Å². The minimum atomic E-state index is -2.97. The smallest absolute Gasteiger partial charge is 1.00 e.